The van der Waals surface area contributed by atoms with E-state index < -0.39 is 0 Å². The lowest BCUT2D eigenvalue weighted by atomic mass is 10.2. The van der Waals surface area contributed by atoms with Crippen LogP contribution >= 0.6 is 11.8 Å². The fourth-order valence-electron chi connectivity index (χ4n) is 1.18. The molecule has 2 atom stereocenters. The van der Waals surface area contributed by atoms with E-state index in [4.69, 9.17) is 4.74 Å². The molecule has 1 aliphatic heterocycles. The largest absolute Gasteiger partial charge is 0.381 e. The lowest BCUT2D eigenvalue weighted by Gasteiger charge is -2.27. The highest BCUT2D eigenvalue weighted by Crippen LogP contribution is 2.24. The van der Waals surface area contributed by atoms with Gasteiger partial charge in [-0.05, 0) is 25.6 Å². The van der Waals surface area contributed by atoms with E-state index in [0.29, 0.717) is 11.5 Å². The molecule has 10 heavy (non-hydrogen) atoms. The number of hydrogen-bond acceptors (Lipinski definition) is 3. The maximum atomic E-state index is 5.27. The summed E-state index contributed by atoms with van der Waals surface area (Å²) >= 11 is 1.99. The first-order valence-electron chi connectivity index (χ1n) is 3.68. The van der Waals surface area contributed by atoms with Gasteiger partial charge in [-0.1, -0.05) is 0 Å². The first-order chi connectivity index (χ1) is 4.86. The Morgan fingerprint density at radius 3 is 3.00 bits per heavy atom. The van der Waals surface area contributed by atoms with Gasteiger partial charge in [-0.3, -0.25) is 0 Å². The van der Waals surface area contributed by atoms with E-state index in [0.717, 1.165) is 6.42 Å². The standard InChI is InChI=1S/C7H15NOS/c1-8-7-5-6(9-2)3-4-10-7/h6-8H,3-5H2,1-2H3. The molecular formula is C7H15NOS. The zero-order valence-corrected chi connectivity index (χ0v) is 7.41. The fraction of sp³-hybridized carbons (Fsp3) is 1.00. The molecule has 0 amide bonds. The first-order valence-corrected chi connectivity index (χ1v) is 4.73. The van der Waals surface area contributed by atoms with Crippen LogP contribution in [0.4, 0.5) is 0 Å². The van der Waals surface area contributed by atoms with Gasteiger partial charge in [0.05, 0.1) is 11.5 Å². The van der Waals surface area contributed by atoms with Gasteiger partial charge in [0.15, 0.2) is 0 Å². The van der Waals surface area contributed by atoms with E-state index in [-0.39, 0.29) is 0 Å². The minimum Gasteiger partial charge on any atom is -0.381 e. The van der Waals surface area contributed by atoms with Crippen LogP contribution in [0.2, 0.25) is 0 Å². The third-order valence-electron chi connectivity index (χ3n) is 1.89. The molecule has 0 aromatic rings. The van der Waals surface area contributed by atoms with Crippen molar-refractivity contribution < 1.29 is 4.74 Å². The summed E-state index contributed by atoms with van der Waals surface area (Å²) in [6.45, 7) is 0. The number of rotatable bonds is 2. The van der Waals surface area contributed by atoms with Crippen LogP contribution in [0, 0.1) is 0 Å². The molecule has 1 fully saturated rings. The van der Waals surface area contributed by atoms with Gasteiger partial charge in [-0.15, -0.1) is 11.8 Å². The SMILES string of the molecule is CNC1CC(OC)CCS1. The fourth-order valence-corrected chi connectivity index (χ4v) is 2.38. The average molecular weight is 161 g/mol. The normalized spacial score (nSPS) is 34.2. The molecule has 2 unspecified atom stereocenters. The highest BCUT2D eigenvalue weighted by molar-refractivity contribution is 7.99. The molecule has 0 radical (unpaired) electrons. The second-order valence-electron chi connectivity index (χ2n) is 2.53. The lowest BCUT2D eigenvalue weighted by Crippen LogP contribution is -2.32. The van der Waals surface area contributed by atoms with Crippen molar-refractivity contribution in [1.82, 2.24) is 5.32 Å². The van der Waals surface area contributed by atoms with Crippen molar-refractivity contribution >= 4 is 11.8 Å². The average Bonchev–Trinajstić information content (AvgIpc) is 2.05. The van der Waals surface area contributed by atoms with E-state index in [1.54, 1.807) is 7.11 Å². The number of hydrogen-bond donors (Lipinski definition) is 1. The lowest BCUT2D eigenvalue weighted by molar-refractivity contribution is 0.0881. The van der Waals surface area contributed by atoms with Crippen LogP contribution < -0.4 is 5.32 Å². The van der Waals surface area contributed by atoms with Crippen molar-refractivity contribution in [2.45, 2.75) is 24.3 Å². The first kappa shape index (κ1) is 8.37. The molecule has 3 heteroatoms. The molecule has 1 heterocycles. The van der Waals surface area contributed by atoms with Crippen molar-refractivity contribution in [2.75, 3.05) is 19.9 Å². The summed E-state index contributed by atoms with van der Waals surface area (Å²) in [5.41, 5.74) is 0. The molecule has 1 N–H and O–H groups in total. The van der Waals surface area contributed by atoms with Gasteiger partial charge >= 0.3 is 0 Å². The molecule has 60 valence electrons. The molecule has 0 aromatic carbocycles. The molecule has 2 nitrogen and oxygen atoms in total. The summed E-state index contributed by atoms with van der Waals surface area (Å²) in [5, 5.41) is 3.86. The zero-order valence-electron chi connectivity index (χ0n) is 6.59. The van der Waals surface area contributed by atoms with Gasteiger partial charge in [0.2, 0.25) is 0 Å². The molecular weight excluding hydrogens is 146 g/mol. The smallest absolute Gasteiger partial charge is 0.0602 e. The second-order valence-corrected chi connectivity index (χ2v) is 3.84. The predicted molar refractivity (Wildman–Crippen MR) is 45.3 cm³/mol. The molecule has 1 saturated heterocycles. The van der Waals surface area contributed by atoms with Gasteiger partial charge in [0.1, 0.15) is 0 Å². The zero-order chi connectivity index (χ0) is 7.40. The monoisotopic (exact) mass is 161 g/mol. The summed E-state index contributed by atoms with van der Waals surface area (Å²) in [6, 6.07) is 0. The summed E-state index contributed by atoms with van der Waals surface area (Å²) in [5.74, 6) is 1.23. The molecule has 0 aromatic heterocycles. The van der Waals surface area contributed by atoms with Crippen LogP contribution in [0.1, 0.15) is 12.8 Å². The maximum absolute atomic E-state index is 5.27. The van der Waals surface area contributed by atoms with Crippen LogP contribution in [0.15, 0.2) is 0 Å². The van der Waals surface area contributed by atoms with Crippen molar-refractivity contribution in [1.29, 1.82) is 0 Å². The Morgan fingerprint density at radius 1 is 1.60 bits per heavy atom. The minimum atomic E-state index is 0.485. The molecule has 0 saturated carbocycles. The van der Waals surface area contributed by atoms with Gasteiger partial charge < -0.3 is 10.1 Å². The van der Waals surface area contributed by atoms with E-state index in [2.05, 4.69) is 5.32 Å². The van der Waals surface area contributed by atoms with Crippen LogP contribution in [0.3, 0.4) is 0 Å². The Kier molecular flexibility index (Phi) is 3.52. The Bertz CT molecular complexity index is 89.6. The maximum Gasteiger partial charge on any atom is 0.0602 e. The second kappa shape index (κ2) is 4.21. The summed E-state index contributed by atoms with van der Waals surface area (Å²) < 4.78 is 5.27. The van der Waals surface area contributed by atoms with Crippen molar-refractivity contribution in [2.24, 2.45) is 0 Å². The highest BCUT2D eigenvalue weighted by atomic mass is 32.2. The number of thioether (sulfide) groups is 1. The third-order valence-corrected chi connectivity index (χ3v) is 3.19. The molecule has 0 spiro atoms. The van der Waals surface area contributed by atoms with Gasteiger partial charge in [-0.2, -0.15) is 0 Å². The summed E-state index contributed by atoms with van der Waals surface area (Å²) in [4.78, 5) is 0. The summed E-state index contributed by atoms with van der Waals surface area (Å²) in [6.07, 6.45) is 2.84. The van der Waals surface area contributed by atoms with Crippen molar-refractivity contribution in [3.05, 3.63) is 0 Å². The van der Waals surface area contributed by atoms with Crippen molar-refractivity contribution in [3.63, 3.8) is 0 Å². The summed E-state index contributed by atoms with van der Waals surface area (Å²) in [7, 11) is 3.81. The predicted octanol–water partition coefficient (Wildman–Crippen LogP) is 1.07. The van der Waals surface area contributed by atoms with Gasteiger partial charge in [0.25, 0.3) is 0 Å². The topological polar surface area (TPSA) is 21.3 Å². The van der Waals surface area contributed by atoms with Crippen molar-refractivity contribution in [3.8, 4) is 0 Å². The van der Waals surface area contributed by atoms with Crippen LogP contribution in [0.5, 0.6) is 0 Å². The van der Waals surface area contributed by atoms with E-state index in [1.807, 2.05) is 18.8 Å². The number of methoxy groups -OCH3 is 1. The molecule has 1 rings (SSSR count). The molecule has 0 aliphatic carbocycles. The highest BCUT2D eigenvalue weighted by Gasteiger charge is 2.20. The van der Waals surface area contributed by atoms with E-state index >= 15 is 0 Å². The quantitative estimate of drug-likeness (QED) is 0.654. The Labute approximate surface area is 66.7 Å². The number of ether oxygens (including phenoxy) is 1. The third kappa shape index (κ3) is 2.15. The van der Waals surface area contributed by atoms with Crippen LogP contribution in [-0.2, 0) is 4.74 Å². The van der Waals surface area contributed by atoms with E-state index in [1.165, 1.54) is 12.2 Å². The van der Waals surface area contributed by atoms with E-state index in [9.17, 15) is 0 Å². The number of nitrogens with one attached hydrogen (secondary N) is 1. The van der Waals surface area contributed by atoms with Crippen LogP contribution in [0.25, 0.3) is 0 Å². The van der Waals surface area contributed by atoms with Gasteiger partial charge in [0, 0.05) is 7.11 Å². The van der Waals surface area contributed by atoms with Gasteiger partial charge in [-0.25, -0.2) is 0 Å². The Hall–Kier alpha value is 0.270. The molecule has 0 bridgehead atoms. The minimum absolute atomic E-state index is 0.485. The Morgan fingerprint density at radius 2 is 2.40 bits per heavy atom. The van der Waals surface area contributed by atoms with Crippen LogP contribution in [-0.4, -0.2) is 31.4 Å². The molecule has 1 aliphatic rings. The Balaban J connectivity index is 2.25.